The van der Waals surface area contributed by atoms with E-state index < -0.39 is 0 Å². The third-order valence-corrected chi connectivity index (χ3v) is 4.58. The van der Waals surface area contributed by atoms with Gasteiger partial charge in [0.1, 0.15) is 12.1 Å². The van der Waals surface area contributed by atoms with Crippen LogP contribution in [0.5, 0.6) is 11.5 Å². The third kappa shape index (κ3) is 4.19. The number of anilines is 2. The van der Waals surface area contributed by atoms with Gasteiger partial charge in [0.25, 0.3) is 0 Å². The molecule has 1 N–H and O–H groups in total. The highest BCUT2D eigenvalue weighted by Crippen LogP contribution is 2.34. The standard InChI is InChI=1S/C24H21N3O2/c1-28-22-14-20-21(15-23(22)29-2)25-16-26-24(20)27-19-12-10-18(11-13-19)9-8-17-6-4-3-5-7-17/h3-16H,1-2H3,(H,25,26,27)/b9-8+. The number of nitrogens with one attached hydrogen (secondary N) is 1. The van der Waals surface area contributed by atoms with E-state index in [1.807, 2.05) is 42.5 Å². The van der Waals surface area contributed by atoms with Crippen molar-refractivity contribution in [3.8, 4) is 11.5 Å². The molecular weight excluding hydrogens is 362 g/mol. The number of ether oxygens (including phenoxy) is 2. The second-order valence-corrected chi connectivity index (χ2v) is 6.44. The van der Waals surface area contributed by atoms with Crippen LogP contribution in [0.4, 0.5) is 11.5 Å². The second-order valence-electron chi connectivity index (χ2n) is 6.44. The van der Waals surface area contributed by atoms with Gasteiger partial charge in [0.15, 0.2) is 11.5 Å². The first-order chi connectivity index (χ1) is 14.3. The van der Waals surface area contributed by atoms with Gasteiger partial charge in [0, 0.05) is 17.1 Å². The molecule has 0 fully saturated rings. The highest BCUT2D eigenvalue weighted by atomic mass is 16.5. The van der Waals surface area contributed by atoms with Crippen LogP contribution in [-0.4, -0.2) is 24.2 Å². The van der Waals surface area contributed by atoms with Crippen LogP contribution in [0.2, 0.25) is 0 Å². The van der Waals surface area contributed by atoms with Gasteiger partial charge in [-0.05, 0) is 29.3 Å². The minimum atomic E-state index is 0.638. The molecule has 5 heteroatoms. The fourth-order valence-electron chi connectivity index (χ4n) is 3.05. The quantitative estimate of drug-likeness (QED) is 0.442. The Morgan fingerprint density at radius 3 is 2.10 bits per heavy atom. The van der Waals surface area contributed by atoms with Crippen LogP contribution in [0.1, 0.15) is 11.1 Å². The number of rotatable bonds is 6. The van der Waals surface area contributed by atoms with Gasteiger partial charge in [0.2, 0.25) is 0 Å². The summed E-state index contributed by atoms with van der Waals surface area (Å²) in [6.07, 6.45) is 5.73. The SMILES string of the molecule is COc1cc2ncnc(Nc3ccc(/C=C/c4ccccc4)cc3)c2cc1OC. The van der Waals surface area contributed by atoms with Crippen LogP contribution in [0.3, 0.4) is 0 Å². The molecule has 1 aromatic heterocycles. The van der Waals surface area contributed by atoms with Gasteiger partial charge in [-0.25, -0.2) is 9.97 Å². The summed E-state index contributed by atoms with van der Waals surface area (Å²) in [7, 11) is 3.22. The van der Waals surface area contributed by atoms with Crippen molar-refractivity contribution in [2.75, 3.05) is 19.5 Å². The number of hydrogen-bond donors (Lipinski definition) is 1. The monoisotopic (exact) mass is 383 g/mol. The second kappa shape index (κ2) is 8.44. The largest absolute Gasteiger partial charge is 0.493 e. The molecule has 144 valence electrons. The zero-order valence-electron chi connectivity index (χ0n) is 16.3. The Kier molecular flexibility index (Phi) is 5.38. The van der Waals surface area contributed by atoms with Crippen LogP contribution >= 0.6 is 0 Å². The Balaban J connectivity index is 1.57. The van der Waals surface area contributed by atoms with Crippen molar-refractivity contribution in [1.29, 1.82) is 0 Å². The normalized spacial score (nSPS) is 11.0. The molecule has 0 amide bonds. The van der Waals surface area contributed by atoms with E-state index in [2.05, 4.69) is 51.7 Å². The van der Waals surface area contributed by atoms with Crippen molar-refractivity contribution in [3.63, 3.8) is 0 Å². The van der Waals surface area contributed by atoms with Gasteiger partial charge >= 0.3 is 0 Å². The Bertz CT molecular complexity index is 1140. The molecule has 1 heterocycles. The molecule has 0 aliphatic carbocycles. The van der Waals surface area contributed by atoms with Gasteiger partial charge in [-0.2, -0.15) is 0 Å². The molecule has 4 aromatic rings. The molecule has 0 atom stereocenters. The van der Waals surface area contributed by atoms with E-state index in [-0.39, 0.29) is 0 Å². The van der Waals surface area contributed by atoms with Crippen molar-refractivity contribution >= 4 is 34.6 Å². The average molecular weight is 383 g/mol. The molecule has 0 saturated heterocycles. The van der Waals surface area contributed by atoms with E-state index in [0.29, 0.717) is 17.3 Å². The van der Waals surface area contributed by atoms with Crippen LogP contribution < -0.4 is 14.8 Å². The lowest BCUT2D eigenvalue weighted by atomic mass is 10.1. The predicted octanol–water partition coefficient (Wildman–Crippen LogP) is 5.56. The zero-order valence-corrected chi connectivity index (χ0v) is 16.3. The number of methoxy groups -OCH3 is 2. The van der Waals surface area contributed by atoms with Crippen molar-refractivity contribution in [2.24, 2.45) is 0 Å². The van der Waals surface area contributed by atoms with Crippen molar-refractivity contribution in [3.05, 3.63) is 84.2 Å². The summed E-state index contributed by atoms with van der Waals surface area (Å²) in [6, 6.07) is 22.1. The fourth-order valence-corrected chi connectivity index (χ4v) is 3.05. The number of aromatic nitrogens is 2. The minimum Gasteiger partial charge on any atom is -0.493 e. The van der Waals surface area contributed by atoms with Crippen LogP contribution in [-0.2, 0) is 0 Å². The summed E-state index contributed by atoms with van der Waals surface area (Å²) >= 11 is 0. The van der Waals surface area contributed by atoms with Gasteiger partial charge in [-0.15, -0.1) is 0 Å². The summed E-state index contributed by atoms with van der Waals surface area (Å²) in [5.74, 6) is 1.99. The molecule has 0 aliphatic rings. The molecule has 0 radical (unpaired) electrons. The molecule has 0 bridgehead atoms. The summed E-state index contributed by atoms with van der Waals surface area (Å²) < 4.78 is 10.8. The first-order valence-electron chi connectivity index (χ1n) is 9.24. The fraction of sp³-hybridized carbons (Fsp3) is 0.0833. The Morgan fingerprint density at radius 1 is 0.759 bits per heavy atom. The van der Waals surface area contributed by atoms with Crippen molar-refractivity contribution < 1.29 is 9.47 Å². The first-order valence-corrected chi connectivity index (χ1v) is 9.24. The Hall–Kier alpha value is -3.86. The Labute approximate surface area is 169 Å². The molecule has 0 spiro atoms. The highest BCUT2D eigenvalue weighted by Gasteiger charge is 2.11. The molecule has 0 aliphatic heterocycles. The molecule has 0 saturated carbocycles. The zero-order chi connectivity index (χ0) is 20.1. The average Bonchev–Trinajstić information content (AvgIpc) is 2.78. The number of hydrogen-bond acceptors (Lipinski definition) is 5. The molecular formula is C24H21N3O2. The summed E-state index contributed by atoms with van der Waals surface area (Å²) in [5, 5.41) is 4.22. The highest BCUT2D eigenvalue weighted by molar-refractivity contribution is 5.93. The van der Waals surface area contributed by atoms with E-state index in [1.165, 1.54) is 11.9 Å². The lowest BCUT2D eigenvalue weighted by Gasteiger charge is -2.12. The van der Waals surface area contributed by atoms with Crippen LogP contribution in [0, 0.1) is 0 Å². The van der Waals surface area contributed by atoms with Gasteiger partial charge in [-0.3, -0.25) is 0 Å². The van der Waals surface area contributed by atoms with E-state index in [9.17, 15) is 0 Å². The lowest BCUT2D eigenvalue weighted by Crippen LogP contribution is -1.98. The number of fused-ring (bicyclic) bond motifs is 1. The summed E-state index contributed by atoms with van der Waals surface area (Å²) in [4.78, 5) is 8.74. The maximum absolute atomic E-state index is 5.41. The van der Waals surface area contributed by atoms with Gasteiger partial charge < -0.3 is 14.8 Å². The molecule has 0 unspecified atom stereocenters. The maximum Gasteiger partial charge on any atom is 0.162 e. The van der Waals surface area contributed by atoms with Gasteiger partial charge in [0.05, 0.1) is 19.7 Å². The molecule has 5 nitrogen and oxygen atoms in total. The summed E-state index contributed by atoms with van der Waals surface area (Å²) in [5.41, 5.74) is 4.02. The Morgan fingerprint density at radius 2 is 1.41 bits per heavy atom. The lowest BCUT2D eigenvalue weighted by molar-refractivity contribution is 0.356. The van der Waals surface area contributed by atoms with E-state index in [0.717, 1.165) is 22.2 Å². The molecule has 3 aromatic carbocycles. The smallest absolute Gasteiger partial charge is 0.162 e. The van der Waals surface area contributed by atoms with E-state index >= 15 is 0 Å². The summed E-state index contributed by atoms with van der Waals surface area (Å²) in [6.45, 7) is 0. The number of nitrogens with zero attached hydrogens (tertiary/aromatic N) is 2. The first kappa shape index (κ1) is 18.5. The van der Waals surface area contributed by atoms with E-state index in [1.54, 1.807) is 14.2 Å². The maximum atomic E-state index is 5.41. The minimum absolute atomic E-state index is 0.638. The van der Waals surface area contributed by atoms with Crippen LogP contribution in [0.25, 0.3) is 23.1 Å². The number of benzene rings is 3. The van der Waals surface area contributed by atoms with Crippen molar-refractivity contribution in [1.82, 2.24) is 9.97 Å². The predicted molar refractivity (Wildman–Crippen MR) is 118 cm³/mol. The van der Waals surface area contributed by atoms with Gasteiger partial charge in [-0.1, -0.05) is 54.6 Å². The van der Waals surface area contributed by atoms with E-state index in [4.69, 9.17) is 9.47 Å². The van der Waals surface area contributed by atoms with Crippen LogP contribution in [0.15, 0.2) is 73.1 Å². The van der Waals surface area contributed by atoms with Crippen molar-refractivity contribution in [2.45, 2.75) is 0 Å². The topological polar surface area (TPSA) is 56.3 Å². The third-order valence-electron chi connectivity index (χ3n) is 4.58. The molecule has 29 heavy (non-hydrogen) atoms. The molecule has 4 rings (SSSR count).